The lowest BCUT2D eigenvalue weighted by molar-refractivity contribution is -0.149. The Kier molecular flexibility index (Phi) is 16.5. The molecule has 1 aromatic carbocycles. The van der Waals surface area contributed by atoms with Gasteiger partial charge in [-0.1, -0.05) is 97.0 Å². The van der Waals surface area contributed by atoms with Crippen LogP contribution in [0.25, 0.3) is 0 Å². The van der Waals surface area contributed by atoms with Crippen LogP contribution in [0.5, 0.6) is 11.5 Å². The summed E-state index contributed by atoms with van der Waals surface area (Å²) in [7, 11) is 0. The van der Waals surface area contributed by atoms with Gasteiger partial charge in [-0.3, -0.25) is 0 Å². The predicted octanol–water partition coefficient (Wildman–Crippen LogP) is 7.98. The van der Waals surface area contributed by atoms with Crippen molar-refractivity contribution in [2.45, 2.75) is 110 Å². The molecule has 6 nitrogen and oxygen atoms in total. The molecule has 0 heterocycles. The number of hydrogen-bond donors (Lipinski definition) is 2. The van der Waals surface area contributed by atoms with Crippen molar-refractivity contribution in [3.63, 3.8) is 0 Å². The molecule has 0 saturated heterocycles. The van der Waals surface area contributed by atoms with E-state index in [0.717, 1.165) is 25.7 Å². The number of unbranched alkanes of at least 4 members (excludes halogenated alkanes) is 12. The second kappa shape index (κ2) is 18.8. The van der Waals surface area contributed by atoms with Gasteiger partial charge in [-0.25, -0.2) is 4.79 Å². The minimum atomic E-state index is -1.47. The third-order valence-corrected chi connectivity index (χ3v) is 5.52. The number of phenolic OH excluding ortho intramolecular Hbond substituents is 1. The van der Waals surface area contributed by atoms with Crippen LogP contribution in [0.1, 0.15) is 116 Å². The van der Waals surface area contributed by atoms with E-state index < -0.39 is 12.4 Å². The Balaban J connectivity index is 2.54. The van der Waals surface area contributed by atoms with Crippen molar-refractivity contribution in [3.05, 3.63) is 23.8 Å². The van der Waals surface area contributed by atoms with Crippen LogP contribution in [-0.2, 0) is 9.47 Å². The second-order valence-electron chi connectivity index (χ2n) is 8.38. The van der Waals surface area contributed by atoms with Gasteiger partial charge in [0.05, 0.1) is 18.8 Å². The van der Waals surface area contributed by atoms with E-state index in [4.69, 9.17) is 14.6 Å². The number of hydrogen-bond acceptors (Lipinski definition) is 5. The molecular formula is C26H44O6. The van der Waals surface area contributed by atoms with Crippen molar-refractivity contribution in [1.82, 2.24) is 0 Å². The van der Waals surface area contributed by atoms with E-state index in [1.807, 2.05) is 0 Å². The van der Waals surface area contributed by atoms with Crippen molar-refractivity contribution in [2.75, 3.05) is 13.2 Å². The Labute approximate surface area is 194 Å². The van der Waals surface area contributed by atoms with Gasteiger partial charge in [-0.15, -0.1) is 0 Å². The van der Waals surface area contributed by atoms with Crippen molar-refractivity contribution >= 4 is 6.16 Å². The van der Waals surface area contributed by atoms with E-state index in [0.29, 0.717) is 18.8 Å². The Morgan fingerprint density at radius 2 is 1.25 bits per heavy atom. The molecule has 0 saturated carbocycles. The smallest absolute Gasteiger partial charge is 0.504 e. The molecule has 1 rings (SSSR count). The lowest BCUT2D eigenvalue weighted by atomic mass is 10.1. The van der Waals surface area contributed by atoms with Crippen LogP contribution >= 0.6 is 0 Å². The summed E-state index contributed by atoms with van der Waals surface area (Å²) >= 11 is 0. The summed E-state index contributed by atoms with van der Waals surface area (Å²) in [6.45, 7) is 5.48. The fourth-order valence-electron chi connectivity index (χ4n) is 3.63. The maximum atomic E-state index is 10.9. The highest BCUT2D eigenvalue weighted by Gasteiger charge is 2.20. The van der Waals surface area contributed by atoms with Gasteiger partial charge in [0.1, 0.15) is 0 Å². The Morgan fingerprint density at radius 1 is 0.781 bits per heavy atom. The Morgan fingerprint density at radius 3 is 1.72 bits per heavy atom. The van der Waals surface area contributed by atoms with E-state index in [9.17, 15) is 9.90 Å². The van der Waals surface area contributed by atoms with Crippen LogP contribution in [-0.4, -0.2) is 29.6 Å². The van der Waals surface area contributed by atoms with E-state index in [1.54, 1.807) is 12.1 Å². The molecule has 0 radical (unpaired) electrons. The molecule has 0 amide bonds. The van der Waals surface area contributed by atoms with Gasteiger partial charge in [0, 0.05) is 0 Å². The van der Waals surface area contributed by atoms with Gasteiger partial charge in [0.2, 0.25) is 0 Å². The van der Waals surface area contributed by atoms with Crippen LogP contribution < -0.4 is 4.74 Å². The summed E-state index contributed by atoms with van der Waals surface area (Å²) in [6.07, 6.45) is 14.4. The minimum Gasteiger partial charge on any atom is -0.504 e. The fourth-order valence-corrected chi connectivity index (χ4v) is 3.63. The number of aromatic hydroxyl groups is 1. The normalized spacial score (nSPS) is 11.2. The number of rotatable bonds is 20. The molecule has 0 unspecified atom stereocenters. The number of benzene rings is 1. The van der Waals surface area contributed by atoms with Crippen LogP contribution in [0.15, 0.2) is 18.2 Å². The quantitative estimate of drug-likeness (QED) is 0.0902. The fraction of sp³-hybridized carbons (Fsp3) is 0.731. The first-order valence-corrected chi connectivity index (χ1v) is 12.6. The van der Waals surface area contributed by atoms with Crippen LogP contribution in [0.2, 0.25) is 0 Å². The maximum Gasteiger partial charge on any atom is 0.511 e. The molecule has 0 aliphatic heterocycles. The number of phenols is 1. The summed E-state index contributed by atoms with van der Waals surface area (Å²) in [4.78, 5) is 10.9. The van der Waals surface area contributed by atoms with Crippen LogP contribution in [0, 0.1) is 0 Å². The highest BCUT2D eigenvalue weighted by atomic mass is 16.7. The third-order valence-electron chi connectivity index (χ3n) is 5.52. The molecule has 0 fully saturated rings. The van der Waals surface area contributed by atoms with Gasteiger partial charge in [0.25, 0.3) is 0 Å². The average molecular weight is 453 g/mol. The predicted molar refractivity (Wildman–Crippen MR) is 127 cm³/mol. The highest BCUT2D eigenvalue weighted by Crippen LogP contribution is 2.36. The monoisotopic (exact) mass is 452 g/mol. The molecule has 184 valence electrons. The van der Waals surface area contributed by atoms with Crippen LogP contribution in [0.3, 0.4) is 0 Å². The van der Waals surface area contributed by atoms with Gasteiger partial charge in [-0.2, -0.15) is 0 Å². The van der Waals surface area contributed by atoms with Crippen molar-refractivity contribution in [3.8, 4) is 11.5 Å². The molecule has 2 N–H and O–H groups in total. The summed E-state index contributed by atoms with van der Waals surface area (Å²) in [5.74, 6) is -0.363. The summed E-state index contributed by atoms with van der Waals surface area (Å²) in [5, 5.41) is 19.4. The topological polar surface area (TPSA) is 85.2 Å². The lowest BCUT2D eigenvalue weighted by Gasteiger charge is -2.21. The van der Waals surface area contributed by atoms with Crippen molar-refractivity contribution < 1.29 is 29.2 Å². The number of carboxylic acid groups (broad SMARTS) is 1. The summed E-state index contributed by atoms with van der Waals surface area (Å²) in [6, 6.07) is 4.73. The van der Waals surface area contributed by atoms with Gasteiger partial charge < -0.3 is 24.4 Å². The molecular weight excluding hydrogens is 408 g/mol. The molecule has 32 heavy (non-hydrogen) atoms. The third kappa shape index (κ3) is 12.9. The van der Waals surface area contributed by atoms with E-state index in [-0.39, 0.29) is 11.5 Å². The van der Waals surface area contributed by atoms with Crippen molar-refractivity contribution in [1.29, 1.82) is 0 Å². The molecule has 0 bridgehead atoms. The largest absolute Gasteiger partial charge is 0.511 e. The molecule has 0 aliphatic rings. The molecule has 0 aromatic heterocycles. The van der Waals surface area contributed by atoms with Gasteiger partial charge in [0.15, 0.2) is 17.8 Å². The zero-order valence-corrected chi connectivity index (χ0v) is 20.2. The molecule has 1 aromatic rings. The van der Waals surface area contributed by atoms with Gasteiger partial charge in [-0.05, 0) is 25.0 Å². The first kappa shape index (κ1) is 28.2. The van der Waals surface area contributed by atoms with E-state index in [2.05, 4.69) is 18.6 Å². The average Bonchev–Trinajstić information content (AvgIpc) is 2.77. The number of para-hydroxylation sites is 1. The Bertz CT molecular complexity index is 584. The highest BCUT2D eigenvalue weighted by molar-refractivity contribution is 5.63. The van der Waals surface area contributed by atoms with Crippen molar-refractivity contribution in [2.24, 2.45) is 0 Å². The number of ether oxygens (including phenoxy) is 3. The molecule has 0 spiro atoms. The minimum absolute atomic E-state index is 0.112. The zero-order valence-electron chi connectivity index (χ0n) is 20.2. The first-order chi connectivity index (χ1) is 15.6. The first-order valence-electron chi connectivity index (χ1n) is 12.6. The molecule has 0 atom stereocenters. The summed E-state index contributed by atoms with van der Waals surface area (Å²) < 4.78 is 16.6. The number of carbonyl (C=O) groups is 1. The van der Waals surface area contributed by atoms with E-state index >= 15 is 0 Å². The van der Waals surface area contributed by atoms with Crippen LogP contribution in [0.4, 0.5) is 4.79 Å². The van der Waals surface area contributed by atoms with E-state index in [1.165, 1.54) is 70.3 Å². The molecule has 0 aliphatic carbocycles. The SMILES string of the molecule is CCCCCCCCCOC(OCCCCCCCCC)c1cccc(OC(=O)O)c1O. The lowest BCUT2D eigenvalue weighted by Crippen LogP contribution is -2.12. The van der Waals surface area contributed by atoms with Gasteiger partial charge >= 0.3 is 6.16 Å². The second-order valence-corrected chi connectivity index (χ2v) is 8.38. The molecule has 6 heteroatoms. The standard InChI is InChI=1S/C26H44O6/c1-3-5-7-9-11-13-15-20-30-25(31-21-16-14-12-10-8-6-4-2)22-18-17-19-23(24(22)27)32-26(28)29/h17-19,25,27H,3-16,20-21H2,1-2H3,(H,28,29). The zero-order chi connectivity index (χ0) is 23.4. The summed E-state index contributed by atoms with van der Waals surface area (Å²) in [5.41, 5.74) is 0.398. The maximum absolute atomic E-state index is 10.9. The Hall–Kier alpha value is -1.79.